The van der Waals surface area contributed by atoms with Crippen molar-refractivity contribution in [2.45, 2.75) is 25.0 Å². The molecule has 210 valence electrons. The second kappa shape index (κ2) is 12.3. The first kappa shape index (κ1) is 27.3. The molecule has 0 N–H and O–H groups in total. The molecule has 4 aromatic carbocycles. The minimum atomic E-state index is -0.610. The number of carbonyl (C=O) groups excluding carboxylic acids is 1. The number of amides is 1. The van der Waals surface area contributed by atoms with E-state index >= 15 is 0 Å². The van der Waals surface area contributed by atoms with Gasteiger partial charge >= 0.3 is 6.09 Å². The maximum atomic E-state index is 12.7. The molecule has 5 heteroatoms. The number of allylic oxidation sites excluding steroid dienone is 1. The van der Waals surface area contributed by atoms with Crippen molar-refractivity contribution in [3.8, 4) is 0 Å². The second-order valence-corrected chi connectivity index (χ2v) is 10.8. The van der Waals surface area contributed by atoms with Crippen LogP contribution in [0.3, 0.4) is 0 Å². The van der Waals surface area contributed by atoms with E-state index in [1.165, 1.54) is 0 Å². The third-order valence-electron chi connectivity index (χ3n) is 8.32. The van der Waals surface area contributed by atoms with Gasteiger partial charge in [-0.2, -0.15) is 0 Å². The molecular formula is C37H35N3O2. The van der Waals surface area contributed by atoms with Crippen LogP contribution in [0.25, 0.3) is 5.57 Å². The Hall–Kier alpha value is -4.90. The molecule has 0 aliphatic carbocycles. The molecule has 1 fully saturated rings. The number of nitrogens with zero attached hydrogens (tertiary/aromatic N) is 3. The minimum Gasteiger partial charge on any atom is -0.445 e. The van der Waals surface area contributed by atoms with Gasteiger partial charge in [0.05, 0.1) is 12.0 Å². The van der Waals surface area contributed by atoms with Gasteiger partial charge in [-0.05, 0) is 46.6 Å². The Morgan fingerprint density at radius 3 is 1.74 bits per heavy atom. The summed E-state index contributed by atoms with van der Waals surface area (Å²) in [5.41, 5.74) is 5.72. The number of aromatic nitrogens is 2. The first-order chi connectivity index (χ1) is 20.7. The van der Waals surface area contributed by atoms with Crippen LogP contribution in [0.2, 0.25) is 0 Å². The van der Waals surface area contributed by atoms with Crippen LogP contribution in [0.5, 0.6) is 0 Å². The van der Waals surface area contributed by atoms with Crippen LogP contribution in [0.4, 0.5) is 4.79 Å². The van der Waals surface area contributed by atoms with E-state index in [2.05, 4.69) is 108 Å². The van der Waals surface area contributed by atoms with Crippen LogP contribution in [-0.2, 0) is 16.9 Å². The summed E-state index contributed by atoms with van der Waals surface area (Å²) in [5, 5.41) is 0. The highest BCUT2D eigenvalue weighted by Crippen LogP contribution is 2.41. The number of benzene rings is 4. The molecule has 42 heavy (non-hydrogen) atoms. The summed E-state index contributed by atoms with van der Waals surface area (Å²) in [5.74, 6) is 0.242. The molecule has 5 nitrogen and oxygen atoms in total. The number of hydrogen-bond acceptors (Lipinski definition) is 3. The predicted molar refractivity (Wildman–Crippen MR) is 167 cm³/mol. The average molecular weight is 554 g/mol. The summed E-state index contributed by atoms with van der Waals surface area (Å²) in [6.45, 7) is 6.06. The molecule has 1 amide bonds. The molecule has 1 aliphatic heterocycles. The van der Waals surface area contributed by atoms with Gasteiger partial charge in [-0.15, -0.1) is 0 Å². The van der Waals surface area contributed by atoms with E-state index in [9.17, 15) is 4.79 Å². The lowest BCUT2D eigenvalue weighted by molar-refractivity contribution is 0.0860. The van der Waals surface area contributed by atoms with Crippen LogP contribution in [0, 0.1) is 5.92 Å². The lowest BCUT2D eigenvalue weighted by atomic mass is 9.76. The fraction of sp³-hybridized carbons (Fsp3) is 0.189. The fourth-order valence-electron chi connectivity index (χ4n) is 6.09. The largest absolute Gasteiger partial charge is 0.445 e. The Kier molecular flexibility index (Phi) is 8.00. The number of carbonyl (C=O) groups is 1. The van der Waals surface area contributed by atoms with Crippen LogP contribution in [0.15, 0.2) is 140 Å². The number of ether oxygens (including phenoxy) is 1. The Labute approximate surface area is 247 Å². The molecule has 0 atom stereocenters. The predicted octanol–water partition coefficient (Wildman–Crippen LogP) is 7.79. The van der Waals surface area contributed by atoms with Gasteiger partial charge in [-0.1, -0.05) is 128 Å². The third-order valence-corrected chi connectivity index (χ3v) is 8.32. The summed E-state index contributed by atoms with van der Waals surface area (Å²) >= 11 is 0. The number of hydrogen-bond donors (Lipinski definition) is 0. The SMILES string of the molecule is C=C(c1cn(C(c2ccccc2)(c2ccccc2)c2ccccc2)cn1)C1CCN(C(=O)OCc2ccccc2)CC1. The van der Waals surface area contributed by atoms with Crippen LogP contribution < -0.4 is 0 Å². The summed E-state index contributed by atoms with van der Waals surface area (Å²) in [7, 11) is 0. The molecule has 0 radical (unpaired) electrons. The lowest BCUT2D eigenvalue weighted by Gasteiger charge is -2.37. The van der Waals surface area contributed by atoms with Crippen molar-refractivity contribution in [1.29, 1.82) is 0 Å². The first-order valence-corrected chi connectivity index (χ1v) is 14.5. The maximum absolute atomic E-state index is 12.7. The Balaban J connectivity index is 1.24. The van der Waals surface area contributed by atoms with E-state index in [1.807, 2.05) is 36.7 Å². The van der Waals surface area contributed by atoms with E-state index < -0.39 is 5.54 Å². The van der Waals surface area contributed by atoms with Crippen molar-refractivity contribution >= 4 is 11.7 Å². The minimum absolute atomic E-state index is 0.242. The molecule has 0 spiro atoms. The molecule has 6 rings (SSSR count). The van der Waals surface area contributed by atoms with E-state index in [0.29, 0.717) is 13.1 Å². The molecule has 0 bridgehead atoms. The fourth-order valence-corrected chi connectivity index (χ4v) is 6.09. The van der Waals surface area contributed by atoms with Crippen molar-refractivity contribution < 1.29 is 9.53 Å². The topological polar surface area (TPSA) is 47.4 Å². The van der Waals surface area contributed by atoms with Gasteiger partial charge in [-0.25, -0.2) is 9.78 Å². The Morgan fingerprint density at radius 2 is 1.24 bits per heavy atom. The van der Waals surface area contributed by atoms with Gasteiger partial charge in [0.2, 0.25) is 0 Å². The maximum Gasteiger partial charge on any atom is 0.410 e. The molecule has 5 aromatic rings. The van der Waals surface area contributed by atoms with Crippen LogP contribution in [-0.4, -0.2) is 33.6 Å². The van der Waals surface area contributed by atoms with E-state index in [0.717, 1.165) is 46.4 Å². The number of likely N-dealkylation sites (tertiary alicyclic amines) is 1. The van der Waals surface area contributed by atoms with Crippen LogP contribution in [0.1, 0.15) is 40.8 Å². The zero-order valence-corrected chi connectivity index (χ0v) is 23.7. The highest BCUT2D eigenvalue weighted by Gasteiger charge is 2.38. The summed E-state index contributed by atoms with van der Waals surface area (Å²) in [4.78, 5) is 19.4. The monoisotopic (exact) mass is 553 g/mol. The van der Waals surface area contributed by atoms with E-state index in [1.54, 1.807) is 4.90 Å². The first-order valence-electron chi connectivity index (χ1n) is 14.5. The zero-order valence-electron chi connectivity index (χ0n) is 23.7. The number of rotatable bonds is 8. The molecule has 1 aliphatic rings. The van der Waals surface area contributed by atoms with Crippen molar-refractivity contribution in [3.05, 3.63) is 168 Å². The molecule has 1 aromatic heterocycles. The van der Waals surface area contributed by atoms with Crippen LogP contribution >= 0.6 is 0 Å². The molecule has 0 unspecified atom stereocenters. The van der Waals surface area contributed by atoms with Gasteiger partial charge in [0.15, 0.2) is 0 Å². The van der Waals surface area contributed by atoms with Crippen molar-refractivity contribution in [2.75, 3.05) is 13.1 Å². The zero-order chi connectivity index (χ0) is 28.8. The standard InChI is InChI=1S/C37H35N3O2/c1-29(31-22-24-39(25-23-31)36(41)42-27-30-14-6-2-7-15-30)35-26-40(28-38-35)37(32-16-8-3-9-17-32,33-18-10-4-11-19-33)34-20-12-5-13-21-34/h2-21,26,28,31H,1,22-25,27H2. The Morgan fingerprint density at radius 1 is 0.762 bits per heavy atom. The molecule has 1 saturated heterocycles. The number of imidazole rings is 1. The van der Waals surface area contributed by atoms with E-state index in [4.69, 9.17) is 9.72 Å². The molecule has 2 heterocycles. The second-order valence-electron chi connectivity index (χ2n) is 10.8. The van der Waals surface area contributed by atoms with Crippen molar-refractivity contribution in [3.63, 3.8) is 0 Å². The lowest BCUT2D eigenvalue weighted by Crippen LogP contribution is -2.39. The smallest absolute Gasteiger partial charge is 0.410 e. The highest BCUT2D eigenvalue weighted by molar-refractivity contribution is 5.68. The molecular weight excluding hydrogens is 518 g/mol. The van der Waals surface area contributed by atoms with Gasteiger partial charge < -0.3 is 14.2 Å². The van der Waals surface area contributed by atoms with Gasteiger partial charge in [0.25, 0.3) is 0 Å². The van der Waals surface area contributed by atoms with E-state index in [-0.39, 0.29) is 18.6 Å². The van der Waals surface area contributed by atoms with Gasteiger partial charge in [0, 0.05) is 19.3 Å². The highest BCUT2D eigenvalue weighted by atomic mass is 16.6. The van der Waals surface area contributed by atoms with Gasteiger partial charge in [0.1, 0.15) is 12.1 Å². The summed E-state index contributed by atoms with van der Waals surface area (Å²) < 4.78 is 7.79. The summed E-state index contributed by atoms with van der Waals surface area (Å²) in [6, 6.07) is 41.6. The average Bonchev–Trinajstić information content (AvgIpc) is 3.56. The molecule has 0 saturated carbocycles. The van der Waals surface area contributed by atoms with Crippen molar-refractivity contribution in [2.24, 2.45) is 5.92 Å². The summed E-state index contributed by atoms with van der Waals surface area (Å²) in [6.07, 6.45) is 5.46. The van der Waals surface area contributed by atoms with Gasteiger partial charge in [-0.3, -0.25) is 0 Å². The third kappa shape index (κ3) is 5.38. The Bertz CT molecular complexity index is 1510. The normalized spacial score (nSPS) is 14.0. The quantitative estimate of drug-likeness (QED) is 0.184. The van der Waals surface area contributed by atoms with Crippen molar-refractivity contribution in [1.82, 2.24) is 14.5 Å². The number of piperidine rings is 1.